The van der Waals surface area contributed by atoms with Crippen LogP contribution < -0.4 is 5.73 Å². The number of nitrogen functional groups attached to an aromatic ring is 1. The number of benzene rings is 1. The second-order valence-corrected chi connectivity index (χ2v) is 8.22. The summed E-state index contributed by atoms with van der Waals surface area (Å²) < 4.78 is 45.9. The summed E-state index contributed by atoms with van der Waals surface area (Å²) in [7, 11) is 1.78. The first kappa shape index (κ1) is 23.0. The van der Waals surface area contributed by atoms with Crippen LogP contribution in [0.25, 0.3) is 21.8 Å². The van der Waals surface area contributed by atoms with Crippen LogP contribution in [0.1, 0.15) is 21.6 Å². The number of hydrazine groups is 1. The predicted molar refractivity (Wildman–Crippen MR) is 122 cm³/mol. The molecule has 1 aromatic carbocycles. The minimum Gasteiger partial charge on any atom is -0.383 e. The Bertz CT molecular complexity index is 1400. The standard InChI is InChI=1S/C23H22F3N7O2/c1-31-20-17-10-14(2-5-19(17)30-21(27)18(20)12-29-31)22(34)33(32-6-8-35-9-7-32)13-16-4-3-15(11-28-16)23(24,25)26/h2-5,10-12H,6-9,13H2,1H3,(H2,27,30). The van der Waals surface area contributed by atoms with Crippen LogP contribution in [0.2, 0.25) is 0 Å². The third kappa shape index (κ3) is 4.37. The van der Waals surface area contributed by atoms with Crippen LogP contribution in [0.4, 0.5) is 19.0 Å². The van der Waals surface area contributed by atoms with Crippen LogP contribution in [0.3, 0.4) is 0 Å². The fourth-order valence-corrected chi connectivity index (χ4v) is 4.17. The summed E-state index contributed by atoms with van der Waals surface area (Å²) >= 11 is 0. The van der Waals surface area contributed by atoms with Crippen molar-refractivity contribution in [1.29, 1.82) is 0 Å². The SMILES string of the molecule is Cn1ncc2c(N)nc3ccc(C(=O)N(Cc4ccc(C(F)(F)F)cn4)N4CCOCC4)cc3c21. The molecule has 0 unspecified atom stereocenters. The predicted octanol–water partition coefficient (Wildman–Crippen LogP) is 3.01. The molecule has 0 spiro atoms. The number of morpholine rings is 1. The molecule has 1 fully saturated rings. The molecule has 5 rings (SSSR count). The highest BCUT2D eigenvalue weighted by atomic mass is 19.4. The van der Waals surface area contributed by atoms with E-state index >= 15 is 0 Å². The molecular weight excluding hydrogens is 463 g/mol. The lowest BCUT2D eigenvalue weighted by Crippen LogP contribution is -2.51. The van der Waals surface area contributed by atoms with Gasteiger partial charge >= 0.3 is 6.18 Å². The molecule has 1 saturated heterocycles. The highest BCUT2D eigenvalue weighted by Crippen LogP contribution is 2.30. The van der Waals surface area contributed by atoms with Gasteiger partial charge in [0.25, 0.3) is 5.91 Å². The van der Waals surface area contributed by atoms with Crippen LogP contribution in [0.15, 0.2) is 42.7 Å². The summed E-state index contributed by atoms with van der Waals surface area (Å²) in [6, 6.07) is 7.37. The second kappa shape index (κ2) is 8.78. The molecular formula is C23H22F3N7O2. The number of aryl methyl sites for hydroxylation is 1. The first-order valence-electron chi connectivity index (χ1n) is 10.9. The molecule has 4 heterocycles. The smallest absolute Gasteiger partial charge is 0.383 e. The third-order valence-corrected chi connectivity index (χ3v) is 5.98. The number of halogens is 3. The lowest BCUT2D eigenvalue weighted by atomic mass is 10.1. The van der Waals surface area contributed by atoms with E-state index in [9.17, 15) is 18.0 Å². The first-order valence-corrected chi connectivity index (χ1v) is 10.9. The fourth-order valence-electron chi connectivity index (χ4n) is 4.17. The molecule has 1 aliphatic rings. The van der Waals surface area contributed by atoms with Crippen molar-refractivity contribution in [2.24, 2.45) is 7.05 Å². The molecule has 0 aliphatic carbocycles. The van der Waals surface area contributed by atoms with E-state index in [0.717, 1.165) is 23.2 Å². The van der Waals surface area contributed by atoms with Gasteiger partial charge < -0.3 is 10.5 Å². The zero-order valence-corrected chi connectivity index (χ0v) is 18.8. The number of pyridine rings is 2. The van der Waals surface area contributed by atoms with Gasteiger partial charge in [0.15, 0.2) is 0 Å². The number of alkyl halides is 3. The number of ether oxygens (including phenoxy) is 1. The normalized spacial score (nSPS) is 15.1. The molecule has 2 N–H and O–H groups in total. The Kier molecular flexibility index (Phi) is 5.77. The van der Waals surface area contributed by atoms with Gasteiger partial charge in [0.1, 0.15) is 5.82 Å². The minimum absolute atomic E-state index is 0.0100. The van der Waals surface area contributed by atoms with Crippen LogP contribution in [-0.4, -0.2) is 62.0 Å². The molecule has 3 aromatic heterocycles. The van der Waals surface area contributed by atoms with Crippen LogP contribution >= 0.6 is 0 Å². The summed E-state index contributed by atoms with van der Waals surface area (Å²) in [5.74, 6) is 0.0330. The van der Waals surface area contributed by atoms with E-state index in [1.807, 2.05) is 5.01 Å². The Hall–Kier alpha value is -3.77. The Balaban J connectivity index is 1.52. The van der Waals surface area contributed by atoms with Crippen molar-refractivity contribution in [1.82, 2.24) is 29.8 Å². The van der Waals surface area contributed by atoms with E-state index in [-0.39, 0.29) is 12.5 Å². The lowest BCUT2D eigenvalue weighted by Gasteiger charge is -2.37. The number of fused-ring (bicyclic) bond motifs is 3. The molecule has 1 aliphatic heterocycles. The highest BCUT2D eigenvalue weighted by Gasteiger charge is 2.31. The Morgan fingerprint density at radius 1 is 1.14 bits per heavy atom. The van der Waals surface area contributed by atoms with E-state index in [2.05, 4.69) is 15.1 Å². The van der Waals surface area contributed by atoms with Crippen LogP contribution in [0, 0.1) is 0 Å². The van der Waals surface area contributed by atoms with Crippen molar-refractivity contribution in [3.8, 4) is 0 Å². The van der Waals surface area contributed by atoms with Crippen molar-refractivity contribution < 1.29 is 22.7 Å². The molecule has 1 amide bonds. The molecule has 0 saturated carbocycles. The minimum atomic E-state index is -4.48. The van der Waals surface area contributed by atoms with Gasteiger partial charge in [-0.3, -0.25) is 19.5 Å². The summed E-state index contributed by atoms with van der Waals surface area (Å²) in [5, 5.41) is 9.00. The number of hydrogen-bond donors (Lipinski definition) is 1. The number of rotatable bonds is 4. The van der Waals surface area contributed by atoms with Gasteiger partial charge in [0.05, 0.1) is 53.6 Å². The molecule has 0 atom stereocenters. The fraction of sp³-hybridized carbons (Fsp3) is 0.304. The van der Waals surface area contributed by atoms with Gasteiger partial charge in [-0.25, -0.2) is 9.99 Å². The molecule has 35 heavy (non-hydrogen) atoms. The Morgan fingerprint density at radius 3 is 2.60 bits per heavy atom. The molecule has 0 bridgehead atoms. The van der Waals surface area contributed by atoms with Gasteiger partial charge in [-0.05, 0) is 30.3 Å². The highest BCUT2D eigenvalue weighted by molar-refractivity contribution is 6.10. The van der Waals surface area contributed by atoms with Gasteiger partial charge in [0, 0.05) is 37.3 Å². The molecule has 4 aromatic rings. The number of carbonyl (C=O) groups excluding carboxylic acids is 1. The largest absolute Gasteiger partial charge is 0.417 e. The van der Waals surface area contributed by atoms with E-state index in [1.165, 1.54) is 11.1 Å². The van der Waals surface area contributed by atoms with E-state index < -0.39 is 11.7 Å². The van der Waals surface area contributed by atoms with Crippen molar-refractivity contribution in [2.75, 3.05) is 32.0 Å². The molecule has 12 heteroatoms. The summed E-state index contributed by atoms with van der Waals surface area (Å²) in [6.45, 7) is 1.80. The molecule has 0 radical (unpaired) electrons. The Morgan fingerprint density at radius 2 is 1.91 bits per heavy atom. The van der Waals surface area contributed by atoms with Gasteiger partial charge in [-0.1, -0.05) is 0 Å². The number of anilines is 1. The van der Waals surface area contributed by atoms with Gasteiger partial charge in [0.2, 0.25) is 0 Å². The molecule has 9 nitrogen and oxygen atoms in total. The topological polar surface area (TPSA) is 102 Å². The number of hydrogen-bond acceptors (Lipinski definition) is 7. The summed E-state index contributed by atoms with van der Waals surface area (Å²) in [4.78, 5) is 22.1. The zero-order valence-electron chi connectivity index (χ0n) is 18.8. The third-order valence-electron chi connectivity index (χ3n) is 5.98. The van der Waals surface area contributed by atoms with Gasteiger partial charge in [-0.2, -0.15) is 18.3 Å². The number of amides is 1. The Labute approximate surface area is 197 Å². The average molecular weight is 485 g/mol. The number of nitrogens with two attached hydrogens (primary N) is 1. The lowest BCUT2D eigenvalue weighted by molar-refractivity contribution is -0.137. The van der Waals surface area contributed by atoms with Crippen molar-refractivity contribution in [3.63, 3.8) is 0 Å². The zero-order chi connectivity index (χ0) is 24.7. The number of carbonyl (C=O) groups is 1. The van der Waals surface area contributed by atoms with Crippen molar-refractivity contribution in [3.05, 3.63) is 59.5 Å². The summed E-state index contributed by atoms with van der Waals surface area (Å²) in [6.07, 6.45) is -2.07. The maximum Gasteiger partial charge on any atom is 0.417 e. The van der Waals surface area contributed by atoms with Gasteiger partial charge in [-0.15, -0.1) is 0 Å². The monoisotopic (exact) mass is 485 g/mol. The number of aromatic nitrogens is 4. The van der Waals surface area contributed by atoms with Crippen molar-refractivity contribution >= 4 is 33.5 Å². The molecule has 182 valence electrons. The quantitative estimate of drug-likeness (QED) is 0.474. The van der Waals surface area contributed by atoms with Crippen LogP contribution in [-0.2, 0) is 24.5 Å². The second-order valence-electron chi connectivity index (χ2n) is 8.22. The maximum absolute atomic E-state index is 13.7. The summed E-state index contributed by atoms with van der Waals surface area (Å²) in [5.41, 5.74) is 7.33. The van der Waals surface area contributed by atoms with E-state index in [4.69, 9.17) is 10.5 Å². The van der Waals surface area contributed by atoms with Crippen molar-refractivity contribution in [2.45, 2.75) is 12.7 Å². The van der Waals surface area contributed by atoms with E-state index in [1.54, 1.807) is 36.1 Å². The number of nitrogens with zero attached hydrogens (tertiary/aromatic N) is 6. The first-order chi connectivity index (χ1) is 16.7. The van der Waals surface area contributed by atoms with E-state index in [0.29, 0.717) is 54.3 Å². The average Bonchev–Trinajstić information content (AvgIpc) is 3.25. The maximum atomic E-state index is 13.7. The van der Waals surface area contributed by atoms with Crippen LogP contribution in [0.5, 0.6) is 0 Å².